The van der Waals surface area contributed by atoms with Crippen molar-refractivity contribution in [2.24, 2.45) is 0 Å². The molecule has 0 unspecified atom stereocenters. The van der Waals surface area contributed by atoms with Gasteiger partial charge in [0, 0.05) is 44.1 Å². The van der Waals surface area contributed by atoms with Crippen LogP contribution in [0, 0.1) is 11.6 Å². The molecule has 1 aromatic carbocycles. The molecule has 6 nitrogen and oxygen atoms in total. The maximum atomic E-state index is 13.4. The Kier molecular flexibility index (Phi) is 4.54. The van der Waals surface area contributed by atoms with E-state index in [1.165, 1.54) is 18.3 Å². The lowest BCUT2D eigenvalue weighted by molar-refractivity contribution is 0.0690. The van der Waals surface area contributed by atoms with Gasteiger partial charge in [-0.1, -0.05) is 0 Å². The second kappa shape index (κ2) is 6.77. The zero-order chi connectivity index (χ0) is 17.1. The van der Waals surface area contributed by atoms with Crippen molar-refractivity contribution in [1.82, 2.24) is 9.97 Å². The van der Waals surface area contributed by atoms with Crippen molar-refractivity contribution in [2.75, 3.05) is 36.0 Å². The van der Waals surface area contributed by atoms with E-state index in [9.17, 15) is 13.6 Å². The summed E-state index contributed by atoms with van der Waals surface area (Å²) in [6, 6.07) is 5.20. The maximum absolute atomic E-state index is 13.4. The molecule has 0 aliphatic carbocycles. The number of rotatable bonds is 3. The normalized spacial score (nSPS) is 15.2. The van der Waals surface area contributed by atoms with E-state index in [1.807, 2.05) is 9.80 Å². The van der Waals surface area contributed by atoms with E-state index >= 15 is 0 Å². The first-order valence-corrected chi connectivity index (χ1v) is 7.56. The summed E-state index contributed by atoms with van der Waals surface area (Å²) in [7, 11) is 0. The minimum Gasteiger partial charge on any atom is -0.477 e. The van der Waals surface area contributed by atoms with Gasteiger partial charge < -0.3 is 14.9 Å². The summed E-state index contributed by atoms with van der Waals surface area (Å²) in [5.74, 6) is -2.47. The topological polar surface area (TPSA) is 69.6 Å². The van der Waals surface area contributed by atoms with Gasteiger partial charge in [-0.2, -0.15) is 0 Å². The van der Waals surface area contributed by atoms with Crippen LogP contribution in [0.1, 0.15) is 16.9 Å². The Bertz CT molecular complexity index is 757. The van der Waals surface area contributed by atoms with Gasteiger partial charge in [-0.15, -0.1) is 0 Å². The Morgan fingerprint density at radius 2 is 1.79 bits per heavy atom. The molecule has 3 rings (SSSR count). The van der Waals surface area contributed by atoms with Crippen LogP contribution in [0.15, 0.2) is 30.5 Å². The number of aromatic carboxylic acids is 1. The molecular weight excluding hydrogens is 318 g/mol. The molecule has 0 atom stereocenters. The van der Waals surface area contributed by atoms with E-state index in [0.29, 0.717) is 37.8 Å². The number of carbonyl (C=O) groups is 1. The number of nitrogens with zero attached hydrogens (tertiary/aromatic N) is 4. The van der Waals surface area contributed by atoms with E-state index in [4.69, 9.17) is 5.11 Å². The number of hydrogen-bond acceptors (Lipinski definition) is 5. The highest BCUT2D eigenvalue weighted by Gasteiger charge is 2.19. The van der Waals surface area contributed by atoms with E-state index in [2.05, 4.69) is 9.97 Å². The number of carboxylic acid groups (broad SMARTS) is 1. The highest BCUT2D eigenvalue weighted by Crippen LogP contribution is 2.20. The van der Waals surface area contributed by atoms with Gasteiger partial charge in [-0.05, 0) is 24.6 Å². The number of benzene rings is 1. The zero-order valence-electron chi connectivity index (χ0n) is 12.8. The number of halogens is 2. The average molecular weight is 334 g/mol. The molecule has 1 aromatic heterocycles. The lowest BCUT2D eigenvalue weighted by atomic mass is 10.2. The van der Waals surface area contributed by atoms with Crippen molar-refractivity contribution < 1.29 is 18.7 Å². The van der Waals surface area contributed by atoms with Crippen molar-refractivity contribution in [3.63, 3.8) is 0 Å². The molecule has 0 radical (unpaired) electrons. The molecule has 0 saturated carbocycles. The molecule has 0 bridgehead atoms. The highest BCUT2D eigenvalue weighted by atomic mass is 19.2. The van der Waals surface area contributed by atoms with Crippen LogP contribution in [-0.4, -0.2) is 47.2 Å². The fourth-order valence-electron chi connectivity index (χ4n) is 2.68. The fraction of sp³-hybridized carbons (Fsp3) is 0.312. The molecule has 1 aliphatic heterocycles. The standard InChI is InChI=1S/C16H16F2N4O2/c17-12-3-2-11(10-13(12)18)21-6-1-7-22(9-8-21)16-19-5-4-14(20-16)15(23)24/h2-5,10H,1,6-9H2,(H,23,24). The zero-order valence-corrected chi connectivity index (χ0v) is 12.8. The number of anilines is 2. The largest absolute Gasteiger partial charge is 0.477 e. The highest BCUT2D eigenvalue weighted by molar-refractivity contribution is 5.85. The molecule has 0 amide bonds. The third-order valence-corrected chi connectivity index (χ3v) is 3.91. The molecule has 0 spiro atoms. The SMILES string of the molecule is O=C(O)c1ccnc(N2CCCN(c3ccc(F)c(F)c3)CC2)n1. The van der Waals surface area contributed by atoms with Crippen LogP contribution in [0.4, 0.5) is 20.4 Å². The second-order valence-corrected chi connectivity index (χ2v) is 5.47. The maximum Gasteiger partial charge on any atom is 0.354 e. The van der Waals surface area contributed by atoms with Crippen LogP contribution in [0.5, 0.6) is 0 Å². The molecule has 1 saturated heterocycles. The third-order valence-electron chi connectivity index (χ3n) is 3.91. The molecule has 2 aromatic rings. The third kappa shape index (κ3) is 3.42. The van der Waals surface area contributed by atoms with E-state index in [-0.39, 0.29) is 5.69 Å². The molecule has 1 fully saturated rings. The van der Waals surface area contributed by atoms with Gasteiger partial charge >= 0.3 is 5.97 Å². The Morgan fingerprint density at radius 1 is 1.04 bits per heavy atom. The van der Waals surface area contributed by atoms with E-state index in [1.54, 1.807) is 6.07 Å². The van der Waals surface area contributed by atoms with Crippen LogP contribution >= 0.6 is 0 Å². The Hall–Kier alpha value is -2.77. The summed E-state index contributed by atoms with van der Waals surface area (Å²) < 4.78 is 26.5. The van der Waals surface area contributed by atoms with Gasteiger partial charge in [0.25, 0.3) is 0 Å². The molecule has 2 heterocycles. The van der Waals surface area contributed by atoms with E-state index in [0.717, 1.165) is 12.5 Å². The van der Waals surface area contributed by atoms with Crippen LogP contribution in [0.3, 0.4) is 0 Å². The van der Waals surface area contributed by atoms with Gasteiger partial charge in [-0.25, -0.2) is 23.5 Å². The van der Waals surface area contributed by atoms with Crippen LogP contribution < -0.4 is 9.80 Å². The van der Waals surface area contributed by atoms with Gasteiger partial charge in [0.05, 0.1) is 0 Å². The van der Waals surface area contributed by atoms with Crippen molar-refractivity contribution in [3.8, 4) is 0 Å². The first-order valence-electron chi connectivity index (χ1n) is 7.56. The minimum absolute atomic E-state index is 0.0540. The lowest BCUT2D eigenvalue weighted by Crippen LogP contribution is -2.32. The van der Waals surface area contributed by atoms with Crippen LogP contribution in [0.25, 0.3) is 0 Å². The van der Waals surface area contributed by atoms with Crippen LogP contribution in [0.2, 0.25) is 0 Å². The molecule has 1 aliphatic rings. The molecule has 1 N–H and O–H groups in total. The summed E-state index contributed by atoms with van der Waals surface area (Å²) in [5.41, 5.74) is 0.567. The predicted molar refractivity (Wildman–Crippen MR) is 84.4 cm³/mol. The molecule has 24 heavy (non-hydrogen) atoms. The fourth-order valence-corrected chi connectivity index (χ4v) is 2.68. The summed E-state index contributed by atoms with van der Waals surface area (Å²) in [6.45, 7) is 2.47. The Morgan fingerprint density at radius 3 is 2.54 bits per heavy atom. The molecular formula is C16H16F2N4O2. The Labute approximate surface area is 137 Å². The summed E-state index contributed by atoms with van der Waals surface area (Å²) in [5, 5.41) is 9.02. The molecule has 126 valence electrons. The summed E-state index contributed by atoms with van der Waals surface area (Å²) >= 11 is 0. The summed E-state index contributed by atoms with van der Waals surface area (Å²) in [6.07, 6.45) is 2.18. The Balaban J connectivity index is 1.74. The smallest absolute Gasteiger partial charge is 0.354 e. The number of carboxylic acids is 1. The summed E-state index contributed by atoms with van der Waals surface area (Å²) in [4.78, 5) is 23.1. The van der Waals surface area contributed by atoms with Gasteiger partial charge in [0.2, 0.25) is 5.95 Å². The minimum atomic E-state index is -1.10. The van der Waals surface area contributed by atoms with Crippen molar-refractivity contribution in [2.45, 2.75) is 6.42 Å². The monoisotopic (exact) mass is 334 g/mol. The number of hydrogen-bond donors (Lipinski definition) is 1. The van der Waals surface area contributed by atoms with Crippen molar-refractivity contribution >= 4 is 17.6 Å². The molecule has 8 heteroatoms. The van der Waals surface area contributed by atoms with Crippen molar-refractivity contribution in [3.05, 3.63) is 47.8 Å². The predicted octanol–water partition coefficient (Wildman–Crippen LogP) is 2.17. The lowest BCUT2D eigenvalue weighted by Gasteiger charge is -2.23. The average Bonchev–Trinajstić information content (AvgIpc) is 2.83. The second-order valence-electron chi connectivity index (χ2n) is 5.47. The number of aromatic nitrogens is 2. The van der Waals surface area contributed by atoms with Gasteiger partial charge in [0.15, 0.2) is 17.3 Å². The van der Waals surface area contributed by atoms with Gasteiger partial charge in [-0.3, -0.25) is 0 Å². The van der Waals surface area contributed by atoms with Crippen LogP contribution in [-0.2, 0) is 0 Å². The van der Waals surface area contributed by atoms with Gasteiger partial charge in [0.1, 0.15) is 0 Å². The van der Waals surface area contributed by atoms with Crippen molar-refractivity contribution in [1.29, 1.82) is 0 Å². The first kappa shape index (κ1) is 16.1. The van der Waals surface area contributed by atoms with E-state index < -0.39 is 17.6 Å². The first-order chi connectivity index (χ1) is 11.5. The quantitative estimate of drug-likeness (QED) is 0.928.